The molecule has 0 bridgehead atoms. The molecular weight excluding hydrogens is 259 g/mol. The summed E-state index contributed by atoms with van der Waals surface area (Å²) in [5.74, 6) is 0. The number of hydrogen-bond acceptors (Lipinski definition) is 0. The van der Waals surface area contributed by atoms with Crippen LogP contribution in [-0.4, -0.2) is 11.3 Å². The van der Waals surface area contributed by atoms with Gasteiger partial charge in [-0.05, 0) is 25.4 Å². The maximum atomic E-state index is 6.06. The van der Waals surface area contributed by atoms with Crippen molar-refractivity contribution in [3.05, 3.63) is 18.7 Å². The van der Waals surface area contributed by atoms with Gasteiger partial charge in [0.2, 0.25) is 13.0 Å². The molecule has 0 unspecified atom stereocenters. The second kappa shape index (κ2) is 6.67. The Morgan fingerprint density at radius 3 is 2.69 bits per heavy atom. The smallest absolute Gasteiger partial charge is 0.237 e. The molecule has 0 spiro atoms. The third kappa shape index (κ3) is 5.92. The van der Waals surface area contributed by atoms with Gasteiger partial charge in [-0.1, -0.05) is 13.3 Å². The fraction of sp³-hybridized carbons (Fsp3) is 0.727. The van der Waals surface area contributed by atoms with Crippen molar-refractivity contribution in [3.8, 4) is 0 Å². The van der Waals surface area contributed by atoms with Crippen LogP contribution in [0.15, 0.2) is 18.7 Å². The highest BCUT2D eigenvalue weighted by Crippen LogP contribution is 2.21. The molecule has 1 heterocycles. The SMILES string of the molecule is CCCCn1cc[n+](CCC[Si](C)(Cl)Cl)c1. The molecule has 1 aromatic rings. The normalized spacial score (nSPS) is 12.0. The topological polar surface area (TPSA) is 8.81 Å². The Kier molecular flexibility index (Phi) is 5.87. The van der Waals surface area contributed by atoms with Gasteiger partial charge in [-0.3, -0.25) is 0 Å². The quantitative estimate of drug-likeness (QED) is 0.410. The molecule has 0 saturated heterocycles. The minimum absolute atomic E-state index is 0.962. The highest BCUT2D eigenvalue weighted by atomic mass is 35.7. The summed E-state index contributed by atoms with van der Waals surface area (Å²) in [6.45, 7) is 4.42. The first-order valence-electron chi connectivity index (χ1n) is 5.94. The van der Waals surface area contributed by atoms with Crippen molar-refractivity contribution in [1.29, 1.82) is 0 Å². The second-order valence-electron chi connectivity index (χ2n) is 4.42. The van der Waals surface area contributed by atoms with E-state index in [-0.39, 0.29) is 0 Å². The molecule has 92 valence electrons. The molecule has 2 nitrogen and oxygen atoms in total. The van der Waals surface area contributed by atoms with E-state index in [9.17, 15) is 0 Å². The summed E-state index contributed by atoms with van der Waals surface area (Å²) >= 11 is 12.1. The number of hydrogen-bond donors (Lipinski definition) is 0. The third-order valence-electron chi connectivity index (χ3n) is 2.55. The number of aryl methyl sites for hydroxylation is 2. The molecule has 0 amide bonds. The fourth-order valence-corrected chi connectivity index (χ4v) is 3.20. The molecular formula is C11H21Cl2N2Si+. The molecule has 0 aliphatic rings. The number of aromatic nitrogens is 2. The van der Waals surface area contributed by atoms with Crippen LogP contribution in [0, 0.1) is 0 Å². The van der Waals surface area contributed by atoms with Gasteiger partial charge in [0.1, 0.15) is 12.4 Å². The van der Waals surface area contributed by atoms with Crippen LogP contribution in [0.2, 0.25) is 12.6 Å². The lowest BCUT2D eigenvalue weighted by Crippen LogP contribution is -2.32. The Balaban J connectivity index is 2.29. The molecule has 0 fully saturated rings. The third-order valence-corrected chi connectivity index (χ3v) is 4.91. The molecule has 0 atom stereocenters. The van der Waals surface area contributed by atoms with Crippen molar-refractivity contribution >= 4 is 28.9 Å². The predicted molar refractivity (Wildman–Crippen MR) is 72.3 cm³/mol. The van der Waals surface area contributed by atoms with Gasteiger partial charge >= 0.3 is 0 Å². The average Bonchev–Trinajstić information content (AvgIpc) is 2.61. The Hall–Kier alpha value is 0.00688. The maximum Gasteiger partial charge on any atom is 0.248 e. The average molecular weight is 280 g/mol. The predicted octanol–water partition coefficient (Wildman–Crippen LogP) is 3.52. The van der Waals surface area contributed by atoms with Crippen molar-refractivity contribution in [2.24, 2.45) is 0 Å². The summed E-state index contributed by atoms with van der Waals surface area (Å²) in [6, 6.07) is 0.962. The number of halogens is 2. The Bertz CT molecular complexity index is 307. The van der Waals surface area contributed by atoms with Crippen molar-refractivity contribution in [3.63, 3.8) is 0 Å². The molecule has 0 aromatic carbocycles. The molecule has 0 aliphatic carbocycles. The zero-order valence-corrected chi connectivity index (χ0v) is 12.6. The number of rotatable bonds is 7. The van der Waals surface area contributed by atoms with Crippen molar-refractivity contribution in [1.82, 2.24) is 4.57 Å². The first kappa shape index (κ1) is 14.1. The van der Waals surface area contributed by atoms with E-state index in [2.05, 4.69) is 34.8 Å². The van der Waals surface area contributed by atoms with E-state index in [1.54, 1.807) is 0 Å². The van der Waals surface area contributed by atoms with Gasteiger partial charge in [0.15, 0.2) is 0 Å². The summed E-state index contributed by atoms with van der Waals surface area (Å²) in [4.78, 5) is 0. The van der Waals surface area contributed by atoms with E-state index in [0.717, 1.165) is 25.6 Å². The lowest BCUT2D eigenvalue weighted by atomic mass is 10.3. The van der Waals surface area contributed by atoms with Crippen LogP contribution in [0.1, 0.15) is 26.2 Å². The van der Waals surface area contributed by atoms with Gasteiger partial charge in [-0.25, -0.2) is 9.13 Å². The highest BCUT2D eigenvalue weighted by Gasteiger charge is 2.20. The molecule has 0 N–H and O–H groups in total. The molecule has 1 aromatic heterocycles. The zero-order chi connectivity index (χ0) is 12.0. The molecule has 0 saturated carbocycles. The highest BCUT2D eigenvalue weighted by molar-refractivity contribution is 7.44. The minimum atomic E-state index is -1.90. The monoisotopic (exact) mass is 279 g/mol. The second-order valence-corrected chi connectivity index (χ2v) is 12.6. The molecule has 0 aliphatic heterocycles. The fourth-order valence-electron chi connectivity index (χ4n) is 1.62. The Morgan fingerprint density at radius 2 is 2.06 bits per heavy atom. The molecule has 1 rings (SSSR count). The summed E-state index contributed by atoms with van der Waals surface area (Å²) < 4.78 is 4.45. The first-order valence-corrected chi connectivity index (χ1v) is 10.7. The van der Waals surface area contributed by atoms with E-state index in [4.69, 9.17) is 22.2 Å². The lowest BCUT2D eigenvalue weighted by molar-refractivity contribution is -0.696. The first-order chi connectivity index (χ1) is 7.51. The molecule has 16 heavy (non-hydrogen) atoms. The summed E-state index contributed by atoms with van der Waals surface area (Å²) in [5, 5.41) is 0. The van der Waals surface area contributed by atoms with E-state index in [1.807, 2.05) is 6.55 Å². The van der Waals surface area contributed by atoms with E-state index >= 15 is 0 Å². The van der Waals surface area contributed by atoms with Gasteiger partial charge in [0.05, 0.1) is 13.1 Å². The zero-order valence-electron chi connectivity index (χ0n) is 10.1. The number of nitrogens with zero attached hydrogens (tertiary/aromatic N) is 2. The van der Waals surface area contributed by atoms with Crippen LogP contribution in [0.5, 0.6) is 0 Å². The van der Waals surface area contributed by atoms with Crippen LogP contribution in [0.3, 0.4) is 0 Å². The van der Waals surface area contributed by atoms with E-state index in [0.29, 0.717) is 0 Å². The maximum absolute atomic E-state index is 6.06. The number of unbranched alkanes of at least 4 members (excludes halogenated alkanes) is 1. The summed E-state index contributed by atoms with van der Waals surface area (Å²) in [7, 11) is 0. The van der Waals surface area contributed by atoms with Crippen molar-refractivity contribution < 1.29 is 4.57 Å². The summed E-state index contributed by atoms with van der Waals surface area (Å²) in [5.41, 5.74) is 0. The van der Waals surface area contributed by atoms with Crippen LogP contribution >= 0.6 is 22.2 Å². The van der Waals surface area contributed by atoms with Gasteiger partial charge in [-0.15, -0.1) is 22.2 Å². The van der Waals surface area contributed by atoms with Crippen LogP contribution < -0.4 is 4.57 Å². The van der Waals surface area contributed by atoms with Crippen LogP contribution in [0.25, 0.3) is 0 Å². The Morgan fingerprint density at radius 1 is 1.31 bits per heavy atom. The number of imidazole rings is 1. The van der Waals surface area contributed by atoms with Crippen LogP contribution in [0.4, 0.5) is 0 Å². The molecule has 5 heteroatoms. The van der Waals surface area contributed by atoms with Crippen LogP contribution in [-0.2, 0) is 13.1 Å². The van der Waals surface area contributed by atoms with Crippen molar-refractivity contribution in [2.75, 3.05) is 0 Å². The van der Waals surface area contributed by atoms with Gasteiger partial charge in [0.25, 0.3) is 0 Å². The van der Waals surface area contributed by atoms with Crippen molar-refractivity contribution in [2.45, 2.75) is 51.9 Å². The largest absolute Gasteiger partial charge is 0.248 e. The minimum Gasteiger partial charge on any atom is -0.237 e. The summed E-state index contributed by atoms with van der Waals surface area (Å²) in [6.07, 6.45) is 9.96. The van der Waals surface area contributed by atoms with E-state index in [1.165, 1.54) is 12.8 Å². The van der Waals surface area contributed by atoms with Gasteiger partial charge < -0.3 is 0 Å². The standard InChI is InChI=1S/C11H21Cl2N2Si/c1-3-4-6-14-8-9-15(11-14)7-5-10-16(2,12)13/h8-9,11H,3-7,10H2,1-2H3/q+1. The van der Waals surface area contributed by atoms with E-state index < -0.39 is 6.69 Å². The van der Waals surface area contributed by atoms with Gasteiger partial charge in [0, 0.05) is 0 Å². The van der Waals surface area contributed by atoms with Gasteiger partial charge in [-0.2, -0.15) is 0 Å². The molecule has 0 radical (unpaired) electrons. The Labute approximate surface area is 109 Å². The lowest BCUT2D eigenvalue weighted by Gasteiger charge is -2.07.